The van der Waals surface area contributed by atoms with Crippen molar-refractivity contribution in [2.75, 3.05) is 7.11 Å². The molecule has 0 unspecified atom stereocenters. The van der Waals surface area contributed by atoms with Gasteiger partial charge in [-0.2, -0.15) is 10.2 Å². The third kappa shape index (κ3) is 3.89. The molecular weight excluding hydrogens is 318 g/mol. The van der Waals surface area contributed by atoms with Crippen LogP contribution in [0, 0.1) is 0 Å². The van der Waals surface area contributed by atoms with Gasteiger partial charge in [-0.25, -0.2) is 5.43 Å². The van der Waals surface area contributed by atoms with E-state index in [0.29, 0.717) is 17.1 Å². The molecule has 2 heterocycles. The largest absolute Gasteiger partial charge is 0.497 e. The van der Waals surface area contributed by atoms with Gasteiger partial charge in [-0.1, -0.05) is 0 Å². The van der Waals surface area contributed by atoms with Gasteiger partial charge in [-0.15, -0.1) is 0 Å². The summed E-state index contributed by atoms with van der Waals surface area (Å²) in [6, 6.07) is 12.8. The Morgan fingerprint density at radius 1 is 1.16 bits per heavy atom. The first kappa shape index (κ1) is 16.4. The maximum Gasteiger partial charge on any atom is 0.289 e. The van der Waals surface area contributed by atoms with E-state index >= 15 is 0 Å². The van der Waals surface area contributed by atoms with Gasteiger partial charge in [0.1, 0.15) is 11.4 Å². The average molecular weight is 335 g/mol. The number of aromatic nitrogens is 3. The van der Waals surface area contributed by atoms with E-state index in [1.807, 2.05) is 43.3 Å². The van der Waals surface area contributed by atoms with Crippen LogP contribution in [0.25, 0.3) is 11.3 Å². The first-order valence-corrected chi connectivity index (χ1v) is 7.62. The van der Waals surface area contributed by atoms with Crippen molar-refractivity contribution in [3.05, 3.63) is 66.1 Å². The van der Waals surface area contributed by atoms with Crippen molar-refractivity contribution in [3.8, 4) is 17.0 Å². The Balaban J connectivity index is 1.70. The van der Waals surface area contributed by atoms with E-state index in [4.69, 9.17) is 4.74 Å². The predicted octanol–water partition coefficient (Wildman–Crippen LogP) is 2.63. The second kappa shape index (κ2) is 7.39. The van der Waals surface area contributed by atoms with Crippen molar-refractivity contribution in [2.45, 2.75) is 6.92 Å². The minimum absolute atomic E-state index is 0.331. The molecule has 0 bridgehead atoms. The van der Waals surface area contributed by atoms with Crippen molar-refractivity contribution >= 4 is 11.6 Å². The lowest BCUT2D eigenvalue weighted by Gasteiger charge is -2.01. The van der Waals surface area contributed by atoms with Gasteiger partial charge in [0.05, 0.1) is 18.5 Å². The molecule has 25 heavy (non-hydrogen) atoms. The van der Waals surface area contributed by atoms with Gasteiger partial charge >= 0.3 is 0 Å². The van der Waals surface area contributed by atoms with E-state index in [9.17, 15) is 4.79 Å². The Hall–Kier alpha value is -3.48. The minimum Gasteiger partial charge on any atom is -0.497 e. The third-order valence-electron chi connectivity index (χ3n) is 3.63. The molecule has 0 saturated heterocycles. The quantitative estimate of drug-likeness (QED) is 0.554. The van der Waals surface area contributed by atoms with Crippen LogP contribution in [0.2, 0.25) is 0 Å². The summed E-state index contributed by atoms with van der Waals surface area (Å²) in [6.45, 7) is 1.81. The van der Waals surface area contributed by atoms with Crippen LogP contribution < -0.4 is 10.2 Å². The van der Waals surface area contributed by atoms with Crippen molar-refractivity contribution in [3.63, 3.8) is 0 Å². The second-order valence-electron chi connectivity index (χ2n) is 5.27. The molecule has 2 N–H and O–H groups in total. The molecule has 3 rings (SSSR count). The van der Waals surface area contributed by atoms with Crippen LogP contribution in [0.3, 0.4) is 0 Å². The monoisotopic (exact) mass is 335 g/mol. The number of nitrogens with zero attached hydrogens (tertiary/aromatic N) is 3. The molecule has 126 valence electrons. The number of ether oxygens (including phenoxy) is 1. The lowest BCUT2D eigenvalue weighted by atomic mass is 10.1. The molecule has 0 radical (unpaired) electrons. The second-order valence-corrected chi connectivity index (χ2v) is 5.27. The van der Waals surface area contributed by atoms with Gasteiger partial charge in [0.15, 0.2) is 0 Å². The van der Waals surface area contributed by atoms with Crippen molar-refractivity contribution in [2.24, 2.45) is 5.10 Å². The molecule has 0 atom stereocenters. The molecule has 3 aromatic rings. The summed E-state index contributed by atoms with van der Waals surface area (Å²) in [7, 11) is 1.61. The van der Waals surface area contributed by atoms with Crippen LogP contribution in [0.5, 0.6) is 5.75 Å². The van der Waals surface area contributed by atoms with E-state index in [1.54, 1.807) is 25.6 Å². The first-order chi connectivity index (χ1) is 12.2. The average Bonchev–Trinajstić information content (AvgIpc) is 3.17. The first-order valence-electron chi connectivity index (χ1n) is 7.62. The molecule has 7 heteroatoms. The van der Waals surface area contributed by atoms with Gasteiger partial charge in [-0.3, -0.25) is 14.9 Å². The van der Waals surface area contributed by atoms with Crippen molar-refractivity contribution in [1.29, 1.82) is 0 Å². The number of pyridine rings is 1. The van der Waals surface area contributed by atoms with E-state index < -0.39 is 0 Å². The fourth-order valence-corrected chi connectivity index (χ4v) is 2.20. The SMILES string of the molecule is COc1ccc(-c2cc(C(=O)NN=C(C)c3ccncc3)[nH]n2)cc1. The van der Waals surface area contributed by atoms with E-state index in [2.05, 4.69) is 25.7 Å². The number of hydrogen-bond acceptors (Lipinski definition) is 5. The van der Waals surface area contributed by atoms with Crippen molar-refractivity contribution < 1.29 is 9.53 Å². The standard InChI is InChI=1S/C18H17N5O2/c1-12(13-7-9-19-10-8-13)20-23-18(24)17-11-16(21-22-17)14-3-5-15(25-2)6-4-14/h3-11H,1-2H3,(H,21,22)(H,23,24). The zero-order chi connectivity index (χ0) is 17.6. The molecule has 0 aliphatic carbocycles. The highest BCUT2D eigenvalue weighted by atomic mass is 16.5. The van der Waals surface area contributed by atoms with Crippen LogP contribution in [0.15, 0.2) is 60.0 Å². The van der Waals surface area contributed by atoms with Crippen LogP contribution in [-0.2, 0) is 0 Å². The number of rotatable bonds is 5. The van der Waals surface area contributed by atoms with E-state index in [-0.39, 0.29) is 5.91 Å². The lowest BCUT2D eigenvalue weighted by molar-refractivity contribution is 0.0950. The predicted molar refractivity (Wildman–Crippen MR) is 94.5 cm³/mol. The Morgan fingerprint density at radius 3 is 2.56 bits per heavy atom. The molecule has 2 aromatic heterocycles. The third-order valence-corrected chi connectivity index (χ3v) is 3.63. The number of H-pyrrole nitrogens is 1. The molecular formula is C18H17N5O2. The molecule has 0 saturated carbocycles. The van der Waals surface area contributed by atoms with Gasteiger partial charge in [0.25, 0.3) is 5.91 Å². The Bertz CT molecular complexity index is 885. The lowest BCUT2D eigenvalue weighted by Crippen LogP contribution is -2.19. The topological polar surface area (TPSA) is 92.3 Å². The number of nitrogens with one attached hydrogen (secondary N) is 2. The summed E-state index contributed by atoms with van der Waals surface area (Å²) >= 11 is 0. The number of hydrogen-bond donors (Lipinski definition) is 2. The number of benzene rings is 1. The number of hydrazone groups is 1. The van der Waals surface area contributed by atoms with Crippen LogP contribution >= 0.6 is 0 Å². The summed E-state index contributed by atoms with van der Waals surface area (Å²) in [5, 5.41) is 11.0. The molecule has 0 aliphatic rings. The smallest absolute Gasteiger partial charge is 0.289 e. The minimum atomic E-state index is -0.360. The number of aromatic amines is 1. The fraction of sp³-hybridized carbons (Fsp3) is 0.111. The number of carbonyl (C=O) groups is 1. The summed E-state index contributed by atoms with van der Waals surface area (Å²) in [5.41, 5.74) is 5.97. The zero-order valence-corrected chi connectivity index (χ0v) is 13.9. The van der Waals surface area contributed by atoms with Crippen LogP contribution in [0.1, 0.15) is 23.0 Å². The Labute approximate surface area is 144 Å². The summed E-state index contributed by atoms with van der Waals surface area (Å²) in [5.74, 6) is 0.402. The molecule has 1 amide bonds. The molecule has 0 fully saturated rings. The number of amides is 1. The van der Waals surface area contributed by atoms with Gasteiger partial charge in [0, 0.05) is 23.5 Å². The Morgan fingerprint density at radius 2 is 1.88 bits per heavy atom. The van der Waals surface area contributed by atoms with Gasteiger partial charge < -0.3 is 4.74 Å². The van der Waals surface area contributed by atoms with Crippen LogP contribution in [-0.4, -0.2) is 33.9 Å². The summed E-state index contributed by atoms with van der Waals surface area (Å²) < 4.78 is 5.13. The highest BCUT2D eigenvalue weighted by molar-refractivity contribution is 6.00. The number of methoxy groups -OCH3 is 1. The number of carbonyl (C=O) groups excluding carboxylic acids is 1. The van der Waals surface area contributed by atoms with E-state index in [1.165, 1.54) is 0 Å². The Kier molecular flexibility index (Phi) is 4.84. The molecule has 0 spiro atoms. The highest BCUT2D eigenvalue weighted by Crippen LogP contribution is 2.21. The fourth-order valence-electron chi connectivity index (χ4n) is 2.20. The maximum atomic E-state index is 12.2. The molecule has 7 nitrogen and oxygen atoms in total. The van der Waals surface area contributed by atoms with Crippen LogP contribution in [0.4, 0.5) is 0 Å². The highest BCUT2D eigenvalue weighted by Gasteiger charge is 2.11. The summed E-state index contributed by atoms with van der Waals surface area (Å²) in [4.78, 5) is 16.2. The normalized spacial score (nSPS) is 11.2. The van der Waals surface area contributed by atoms with E-state index in [0.717, 1.165) is 16.9 Å². The molecule has 1 aromatic carbocycles. The van der Waals surface area contributed by atoms with Gasteiger partial charge in [0.2, 0.25) is 0 Å². The molecule has 0 aliphatic heterocycles. The zero-order valence-electron chi connectivity index (χ0n) is 13.9. The van der Waals surface area contributed by atoms with Crippen molar-refractivity contribution in [1.82, 2.24) is 20.6 Å². The maximum absolute atomic E-state index is 12.2. The van der Waals surface area contributed by atoms with Gasteiger partial charge in [-0.05, 0) is 49.4 Å². The summed E-state index contributed by atoms with van der Waals surface area (Å²) in [6.07, 6.45) is 3.35.